The van der Waals surface area contributed by atoms with Crippen molar-refractivity contribution in [2.45, 2.75) is 31.7 Å². The molecule has 1 aromatic heterocycles. The van der Waals surface area contributed by atoms with E-state index < -0.39 is 0 Å². The molecule has 0 spiro atoms. The van der Waals surface area contributed by atoms with Crippen molar-refractivity contribution in [3.05, 3.63) is 102 Å². The SMILES string of the molecule is CN(C)c1nc(N[C@H]2CC[C@@H](CNCC=C(c3ccccc3)c3ccccc3)CC2)nc2ccccc12. The van der Waals surface area contributed by atoms with Crippen molar-refractivity contribution in [2.75, 3.05) is 37.4 Å². The van der Waals surface area contributed by atoms with Crippen molar-refractivity contribution < 1.29 is 0 Å². The maximum Gasteiger partial charge on any atom is 0.225 e. The van der Waals surface area contributed by atoms with Gasteiger partial charge in [-0.15, -0.1) is 0 Å². The van der Waals surface area contributed by atoms with Gasteiger partial charge in [0.2, 0.25) is 5.95 Å². The number of para-hydroxylation sites is 1. The smallest absolute Gasteiger partial charge is 0.225 e. The van der Waals surface area contributed by atoms with E-state index in [0.29, 0.717) is 12.0 Å². The van der Waals surface area contributed by atoms with Crippen LogP contribution in [0.2, 0.25) is 0 Å². The van der Waals surface area contributed by atoms with Gasteiger partial charge < -0.3 is 15.5 Å². The molecule has 1 aliphatic carbocycles. The summed E-state index contributed by atoms with van der Waals surface area (Å²) in [7, 11) is 4.07. The van der Waals surface area contributed by atoms with E-state index in [9.17, 15) is 0 Å². The van der Waals surface area contributed by atoms with Gasteiger partial charge in [-0.3, -0.25) is 0 Å². The van der Waals surface area contributed by atoms with Gasteiger partial charge in [-0.2, -0.15) is 4.98 Å². The molecule has 0 saturated heterocycles. The lowest BCUT2D eigenvalue weighted by atomic mass is 9.86. The van der Waals surface area contributed by atoms with E-state index in [1.807, 2.05) is 26.2 Å². The van der Waals surface area contributed by atoms with Crippen molar-refractivity contribution in [3.8, 4) is 0 Å². The second-order valence-electron chi connectivity index (χ2n) is 10.2. The second kappa shape index (κ2) is 12.0. The topological polar surface area (TPSA) is 53.1 Å². The number of hydrogen-bond donors (Lipinski definition) is 2. The first-order valence-electron chi connectivity index (χ1n) is 13.4. The molecule has 3 aromatic carbocycles. The summed E-state index contributed by atoms with van der Waals surface area (Å²) in [6.45, 7) is 1.92. The van der Waals surface area contributed by atoms with Crippen molar-refractivity contribution in [2.24, 2.45) is 5.92 Å². The fraction of sp³-hybridized carbons (Fsp3) is 0.312. The number of hydrogen-bond acceptors (Lipinski definition) is 5. The average Bonchev–Trinajstić information content (AvgIpc) is 2.94. The first-order chi connectivity index (χ1) is 18.2. The van der Waals surface area contributed by atoms with Gasteiger partial charge in [0.25, 0.3) is 0 Å². The van der Waals surface area contributed by atoms with Crippen molar-refractivity contribution in [1.82, 2.24) is 15.3 Å². The molecule has 1 fully saturated rings. The molecule has 1 heterocycles. The minimum atomic E-state index is 0.426. The maximum absolute atomic E-state index is 4.83. The number of fused-ring (bicyclic) bond motifs is 1. The number of rotatable bonds is 9. The Morgan fingerprint density at radius 2 is 1.43 bits per heavy atom. The molecule has 37 heavy (non-hydrogen) atoms. The zero-order chi connectivity index (χ0) is 25.5. The summed E-state index contributed by atoms with van der Waals surface area (Å²) >= 11 is 0. The molecular formula is C32H37N5. The van der Waals surface area contributed by atoms with Crippen LogP contribution in [0.5, 0.6) is 0 Å². The van der Waals surface area contributed by atoms with Gasteiger partial charge >= 0.3 is 0 Å². The number of aromatic nitrogens is 2. The summed E-state index contributed by atoms with van der Waals surface area (Å²) in [5.74, 6) is 2.41. The molecule has 2 N–H and O–H groups in total. The van der Waals surface area contributed by atoms with Crippen LogP contribution in [0, 0.1) is 5.92 Å². The summed E-state index contributed by atoms with van der Waals surface area (Å²) in [6, 6.07) is 30.0. The number of nitrogens with zero attached hydrogens (tertiary/aromatic N) is 3. The van der Waals surface area contributed by atoms with E-state index in [2.05, 4.69) is 94.4 Å². The third-order valence-corrected chi connectivity index (χ3v) is 7.24. The van der Waals surface area contributed by atoms with E-state index in [0.717, 1.165) is 48.6 Å². The monoisotopic (exact) mass is 491 g/mol. The molecule has 5 nitrogen and oxygen atoms in total. The molecule has 0 atom stereocenters. The van der Waals surface area contributed by atoms with Gasteiger partial charge in [-0.1, -0.05) is 78.9 Å². The molecule has 0 amide bonds. The van der Waals surface area contributed by atoms with Crippen LogP contribution in [-0.4, -0.2) is 43.2 Å². The highest BCUT2D eigenvalue weighted by Gasteiger charge is 2.22. The molecular weight excluding hydrogens is 454 g/mol. The summed E-state index contributed by atoms with van der Waals surface area (Å²) < 4.78 is 0. The van der Waals surface area contributed by atoms with E-state index in [4.69, 9.17) is 9.97 Å². The van der Waals surface area contributed by atoms with E-state index in [1.165, 1.54) is 29.5 Å². The summed E-state index contributed by atoms with van der Waals surface area (Å²) in [5.41, 5.74) is 4.79. The highest BCUT2D eigenvalue weighted by atomic mass is 15.2. The third-order valence-electron chi connectivity index (χ3n) is 7.24. The van der Waals surface area contributed by atoms with Gasteiger partial charge in [0.05, 0.1) is 5.52 Å². The Morgan fingerprint density at radius 3 is 2.08 bits per heavy atom. The Hall–Kier alpha value is -3.70. The van der Waals surface area contributed by atoms with Gasteiger partial charge in [-0.05, 0) is 67.0 Å². The number of anilines is 2. The molecule has 0 aliphatic heterocycles. The standard InChI is InChI=1S/C32H37N5/c1-37(2)31-29-15-9-10-16-30(29)35-32(36-31)34-27-19-17-24(18-20-27)23-33-22-21-28(25-11-5-3-6-12-25)26-13-7-4-8-14-26/h3-16,21,24,27,33H,17-20,22-23H2,1-2H3,(H,34,35,36)/t24-,27+. The first kappa shape index (κ1) is 25.0. The molecule has 0 bridgehead atoms. The lowest BCUT2D eigenvalue weighted by molar-refractivity contribution is 0.327. The third kappa shape index (κ3) is 6.36. The fourth-order valence-electron chi connectivity index (χ4n) is 5.26. The fourth-order valence-corrected chi connectivity index (χ4v) is 5.26. The Morgan fingerprint density at radius 1 is 0.811 bits per heavy atom. The molecule has 4 aromatic rings. The van der Waals surface area contributed by atoms with Crippen LogP contribution in [-0.2, 0) is 0 Å². The lowest BCUT2D eigenvalue weighted by Gasteiger charge is -2.29. The highest BCUT2D eigenvalue weighted by Crippen LogP contribution is 2.28. The quantitative estimate of drug-likeness (QED) is 0.266. The van der Waals surface area contributed by atoms with Crippen molar-refractivity contribution >= 4 is 28.2 Å². The average molecular weight is 492 g/mol. The Kier molecular flexibility index (Phi) is 8.11. The van der Waals surface area contributed by atoms with Crippen LogP contribution < -0.4 is 15.5 Å². The maximum atomic E-state index is 4.83. The van der Waals surface area contributed by atoms with E-state index in [-0.39, 0.29) is 0 Å². The van der Waals surface area contributed by atoms with Crippen LogP contribution in [0.15, 0.2) is 91.0 Å². The number of nitrogens with one attached hydrogen (secondary N) is 2. The molecule has 5 rings (SSSR count). The predicted molar refractivity (Wildman–Crippen MR) is 156 cm³/mol. The summed E-state index contributed by atoms with van der Waals surface area (Å²) in [4.78, 5) is 11.7. The van der Waals surface area contributed by atoms with Gasteiger partial charge in [0, 0.05) is 32.1 Å². The molecule has 1 saturated carbocycles. The van der Waals surface area contributed by atoms with Crippen molar-refractivity contribution in [1.29, 1.82) is 0 Å². The minimum absolute atomic E-state index is 0.426. The van der Waals surface area contributed by atoms with Gasteiger partial charge in [0.1, 0.15) is 5.82 Å². The normalized spacial score (nSPS) is 17.4. The predicted octanol–water partition coefficient (Wildman–Crippen LogP) is 6.39. The second-order valence-corrected chi connectivity index (χ2v) is 10.2. The van der Waals surface area contributed by atoms with Gasteiger partial charge in [0.15, 0.2) is 0 Å². The number of benzene rings is 3. The Balaban J connectivity index is 1.14. The summed E-state index contributed by atoms with van der Waals surface area (Å²) in [6.07, 6.45) is 7.06. The zero-order valence-corrected chi connectivity index (χ0v) is 21.9. The molecule has 0 radical (unpaired) electrons. The van der Waals surface area contributed by atoms with Crippen LogP contribution in [0.1, 0.15) is 36.8 Å². The lowest BCUT2D eigenvalue weighted by Crippen LogP contribution is -2.32. The largest absolute Gasteiger partial charge is 0.362 e. The van der Waals surface area contributed by atoms with Crippen LogP contribution in [0.4, 0.5) is 11.8 Å². The van der Waals surface area contributed by atoms with E-state index in [1.54, 1.807) is 0 Å². The minimum Gasteiger partial charge on any atom is -0.362 e. The summed E-state index contributed by atoms with van der Waals surface area (Å²) in [5, 5.41) is 8.42. The van der Waals surface area contributed by atoms with Crippen LogP contribution in [0.3, 0.4) is 0 Å². The van der Waals surface area contributed by atoms with E-state index >= 15 is 0 Å². The molecule has 190 valence electrons. The van der Waals surface area contributed by atoms with Gasteiger partial charge in [-0.25, -0.2) is 4.98 Å². The zero-order valence-electron chi connectivity index (χ0n) is 21.9. The highest BCUT2D eigenvalue weighted by molar-refractivity contribution is 5.90. The Labute approximate surface area is 220 Å². The van der Waals surface area contributed by atoms with Crippen molar-refractivity contribution in [3.63, 3.8) is 0 Å². The van der Waals surface area contributed by atoms with Crippen LogP contribution in [0.25, 0.3) is 16.5 Å². The molecule has 1 aliphatic rings. The van der Waals surface area contributed by atoms with Crippen LogP contribution >= 0.6 is 0 Å². The molecule has 5 heteroatoms. The molecule has 0 unspecified atom stereocenters. The Bertz CT molecular complexity index is 1270. The first-order valence-corrected chi connectivity index (χ1v) is 13.4.